The van der Waals surface area contributed by atoms with Gasteiger partial charge < -0.3 is 24.3 Å². The van der Waals surface area contributed by atoms with Gasteiger partial charge in [0.1, 0.15) is 23.8 Å². The number of methoxy groups -OCH3 is 2. The van der Waals surface area contributed by atoms with Gasteiger partial charge in [0.05, 0.1) is 37.7 Å². The molecule has 0 unspecified atom stereocenters. The second kappa shape index (κ2) is 10.6. The minimum atomic E-state index is -0.0530. The molecule has 0 spiro atoms. The van der Waals surface area contributed by atoms with E-state index in [-0.39, 0.29) is 6.10 Å². The molecule has 2 heterocycles. The van der Waals surface area contributed by atoms with Crippen molar-refractivity contribution in [1.82, 2.24) is 15.0 Å². The van der Waals surface area contributed by atoms with Crippen LogP contribution in [0.3, 0.4) is 0 Å². The van der Waals surface area contributed by atoms with E-state index in [9.17, 15) is 5.26 Å². The Morgan fingerprint density at radius 2 is 1.80 bits per heavy atom. The van der Waals surface area contributed by atoms with Crippen LogP contribution in [0.1, 0.15) is 25.0 Å². The van der Waals surface area contributed by atoms with Crippen LogP contribution >= 0.6 is 0 Å². The van der Waals surface area contributed by atoms with Gasteiger partial charge in [0.25, 0.3) is 0 Å². The van der Waals surface area contributed by atoms with Crippen LogP contribution in [0.5, 0.6) is 23.3 Å². The number of rotatable bonds is 9. The van der Waals surface area contributed by atoms with Crippen molar-refractivity contribution in [3.8, 4) is 29.3 Å². The Morgan fingerprint density at radius 1 is 0.943 bits per heavy atom. The molecule has 9 heteroatoms. The van der Waals surface area contributed by atoms with Crippen LogP contribution < -0.4 is 24.3 Å². The third-order valence-corrected chi connectivity index (χ3v) is 5.00. The van der Waals surface area contributed by atoms with E-state index < -0.39 is 0 Å². The van der Waals surface area contributed by atoms with E-state index in [1.54, 1.807) is 50.9 Å². The lowest BCUT2D eigenvalue weighted by atomic mass is 10.1. The van der Waals surface area contributed by atoms with Crippen molar-refractivity contribution in [2.24, 2.45) is 0 Å². The van der Waals surface area contributed by atoms with Crippen molar-refractivity contribution in [1.29, 1.82) is 5.26 Å². The van der Waals surface area contributed by atoms with E-state index in [1.165, 1.54) is 0 Å². The first-order valence-corrected chi connectivity index (χ1v) is 10.9. The number of benzene rings is 2. The molecule has 0 saturated carbocycles. The molecule has 0 aliphatic rings. The van der Waals surface area contributed by atoms with Gasteiger partial charge in [-0.2, -0.15) is 5.26 Å². The highest BCUT2D eigenvalue weighted by Crippen LogP contribution is 2.34. The molecule has 178 valence electrons. The van der Waals surface area contributed by atoms with E-state index >= 15 is 0 Å². The highest BCUT2D eigenvalue weighted by molar-refractivity contribution is 5.88. The summed E-state index contributed by atoms with van der Waals surface area (Å²) in [5.74, 6) is 2.04. The van der Waals surface area contributed by atoms with Gasteiger partial charge >= 0.3 is 0 Å². The summed E-state index contributed by atoms with van der Waals surface area (Å²) in [7, 11) is 3.14. The average molecular weight is 472 g/mol. The van der Waals surface area contributed by atoms with Crippen LogP contribution in [-0.4, -0.2) is 35.3 Å². The van der Waals surface area contributed by atoms with E-state index in [0.29, 0.717) is 52.2 Å². The summed E-state index contributed by atoms with van der Waals surface area (Å²) in [6.07, 6.45) is 3.20. The Balaban J connectivity index is 1.56. The number of nitriles is 1. The van der Waals surface area contributed by atoms with Crippen LogP contribution in [0.15, 0.2) is 54.9 Å². The molecule has 0 saturated heterocycles. The fourth-order valence-electron chi connectivity index (χ4n) is 3.38. The van der Waals surface area contributed by atoms with E-state index in [0.717, 1.165) is 11.3 Å². The Kier molecular flexibility index (Phi) is 7.12. The Hall–Kier alpha value is -4.58. The molecular formula is C26H25N5O4. The highest BCUT2D eigenvalue weighted by atomic mass is 16.5. The number of hydrogen-bond acceptors (Lipinski definition) is 9. The first-order chi connectivity index (χ1) is 17.0. The highest BCUT2D eigenvalue weighted by Gasteiger charge is 2.14. The minimum Gasteiger partial charge on any atom is -0.493 e. The number of hydrogen-bond donors (Lipinski definition) is 1. The Bertz CT molecular complexity index is 1370. The molecule has 0 atom stereocenters. The molecule has 0 aliphatic carbocycles. The predicted molar refractivity (Wildman–Crippen MR) is 131 cm³/mol. The van der Waals surface area contributed by atoms with Crippen LogP contribution in [0, 0.1) is 11.3 Å². The van der Waals surface area contributed by atoms with Crippen molar-refractivity contribution in [2.45, 2.75) is 26.6 Å². The standard InChI is InChI=1S/C26H25N5O4/c1-16(2)35-25-14-28-21-8-7-20(19(12-27)26(21)31-25)30-18-6-9-22(23(11-18)32-3)34-15-17-5-10-24(33-4)29-13-17/h5-11,13-14,16,30H,15H2,1-4H3. The van der Waals surface area contributed by atoms with E-state index in [2.05, 4.69) is 26.3 Å². The Morgan fingerprint density at radius 3 is 2.49 bits per heavy atom. The fraction of sp³-hybridized carbons (Fsp3) is 0.231. The lowest BCUT2D eigenvalue weighted by Gasteiger charge is -2.15. The van der Waals surface area contributed by atoms with E-state index in [4.69, 9.17) is 18.9 Å². The van der Waals surface area contributed by atoms with Crippen molar-refractivity contribution in [3.05, 3.63) is 66.0 Å². The summed E-state index contributed by atoms with van der Waals surface area (Å²) in [6, 6.07) is 15.0. The van der Waals surface area contributed by atoms with Crippen molar-refractivity contribution in [2.75, 3.05) is 19.5 Å². The molecule has 2 aromatic carbocycles. The summed E-state index contributed by atoms with van der Waals surface area (Å²) >= 11 is 0. The number of ether oxygens (including phenoxy) is 4. The first-order valence-electron chi connectivity index (χ1n) is 10.9. The number of nitrogens with zero attached hydrogens (tertiary/aromatic N) is 4. The summed E-state index contributed by atoms with van der Waals surface area (Å²) in [5, 5.41) is 13.1. The zero-order chi connectivity index (χ0) is 24.8. The molecule has 9 nitrogen and oxygen atoms in total. The van der Waals surface area contributed by atoms with Crippen LogP contribution in [-0.2, 0) is 6.61 Å². The Labute approximate surface area is 203 Å². The summed E-state index contributed by atoms with van der Waals surface area (Å²) < 4.78 is 22.2. The molecule has 2 aromatic heterocycles. The van der Waals surface area contributed by atoms with Crippen molar-refractivity contribution < 1.29 is 18.9 Å². The molecule has 0 bridgehead atoms. The van der Waals surface area contributed by atoms with Crippen LogP contribution in [0.25, 0.3) is 11.0 Å². The van der Waals surface area contributed by atoms with Gasteiger partial charge in [-0.15, -0.1) is 0 Å². The quantitative estimate of drug-likeness (QED) is 0.359. The fourth-order valence-corrected chi connectivity index (χ4v) is 3.38. The molecular weight excluding hydrogens is 446 g/mol. The number of aromatic nitrogens is 3. The van der Waals surface area contributed by atoms with Crippen molar-refractivity contribution >= 4 is 22.4 Å². The summed E-state index contributed by atoms with van der Waals surface area (Å²) in [4.78, 5) is 13.0. The number of anilines is 2. The van der Waals surface area contributed by atoms with Gasteiger partial charge in [-0.3, -0.25) is 0 Å². The average Bonchev–Trinajstić information content (AvgIpc) is 2.87. The maximum absolute atomic E-state index is 9.87. The molecule has 35 heavy (non-hydrogen) atoms. The molecule has 0 radical (unpaired) electrons. The maximum atomic E-state index is 9.87. The minimum absolute atomic E-state index is 0.0530. The zero-order valence-electron chi connectivity index (χ0n) is 19.9. The second-order valence-corrected chi connectivity index (χ2v) is 7.83. The number of pyridine rings is 1. The molecule has 0 amide bonds. The van der Waals surface area contributed by atoms with Gasteiger partial charge in [0.2, 0.25) is 11.8 Å². The van der Waals surface area contributed by atoms with Gasteiger partial charge in [-0.1, -0.05) is 0 Å². The topological polar surface area (TPSA) is 111 Å². The van der Waals surface area contributed by atoms with Gasteiger partial charge in [-0.25, -0.2) is 15.0 Å². The SMILES string of the molecule is COc1ccc(COc2ccc(Nc3ccc4ncc(OC(C)C)nc4c3C#N)cc2OC)cn1. The van der Waals surface area contributed by atoms with Crippen LogP contribution in [0.4, 0.5) is 11.4 Å². The summed E-state index contributed by atoms with van der Waals surface area (Å²) in [6.45, 7) is 4.14. The van der Waals surface area contributed by atoms with Crippen molar-refractivity contribution in [3.63, 3.8) is 0 Å². The largest absolute Gasteiger partial charge is 0.493 e. The first kappa shape index (κ1) is 23.6. The third kappa shape index (κ3) is 5.50. The van der Waals surface area contributed by atoms with Gasteiger partial charge in [-0.05, 0) is 44.2 Å². The normalized spacial score (nSPS) is 10.6. The molecule has 4 rings (SSSR count). The zero-order valence-corrected chi connectivity index (χ0v) is 19.9. The molecule has 1 N–H and O–H groups in total. The second-order valence-electron chi connectivity index (χ2n) is 7.83. The lowest BCUT2D eigenvalue weighted by Crippen LogP contribution is -2.07. The molecule has 4 aromatic rings. The smallest absolute Gasteiger partial charge is 0.233 e. The number of fused-ring (bicyclic) bond motifs is 1. The maximum Gasteiger partial charge on any atom is 0.233 e. The molecule has 0 fully saturated rings. The third-order valence-electron chi connectivity index (χ3n) is 5.00. The molecule has 0 aliphatic heterocycles. The monoisotopic (exact) mass is 471 g/mol. The van der Waals surface area contributed by atoms with Crippen LogP contribution in [0.2, 0.25) is 0 Å². The van der Waals surface area contributed by atoms with Gasteiger partial charge in [0, 0.05) is 29.6 Å². The van der Waals surface area contributed by atoms with Gasteiger partial charge in [0.15, 0.2) is 11.5 Å². The van der Waals surface area contributed by atoms with E-state index in [1.807, 2.05) is 32.0 Å². The lowest BCUT2D eigenvalue weighted by molar-refractivity contribution is 0.232. The predicted octanol–water partition coefficient (Wildman–Crippen LogP) is 5.02. The summed E-state index contributed by atoms with van der Waals surface area (Å²) in [5.41, 5.74) is 3.66. The number of nitrogens with one attached hydrogen (secondary N) is 1.